The lowest BCUT2D eigenvalue weighted by Crippen LogP contribution is -2.26. The van der Waals surface area contributed by atoms with E-state index in [0.717, 1.165) is 5.52 Å². The molecule has 0 aliphatic carbocycles. The van der Waals surface area contributed by atoms with Gasteiger partial charge < -0.3 is 10.2 Å². The van der Waals surface area contributed by atoms with Crippen LogP contribution in [0.15, 0.2) is 36.5 Å². The molecule has 0 bridgehead atoms. The highest BCUT2D eigenvalue weighted by Crippen LogP contribution is 2.23. The van der Waals surface area contributed by atoms with Gasteiger partial charge in [-0.3, -0.25) is 4.98 Å². The van der Waals surface area contributed by atoms with Crippen LogP contribution in [-0.4, -0.2) is 35.6 Å². The number of hydrogen-bond donors (Lipinski definition) is 1. The summed E-state index contributed by atoms with van der Waals surface area (Å²) in [6.07, 6.45) is 5.62. The SMILES string of the molecule is CCN1CCCC(Nc2cccc3cccnc23)CC1. The van der Waals surface area contributed by atoms with Crippen molar-refractivity contribution >= 4 is 16.6 Å². The van der Waals surface area contributed by atoms with Crippen LogP contribution in [0, 0.1) is 0 Å². The summed E-state index contributed by atoms with van der Waals surface area (Å²) in [5, 5.41) is 4.93. The van der Waals surface area contributed by atoms with E-state index in [9.17, 15) is 0 Å². The maximum absolute atomic E-state index is 4.53. The second-order valence-corrected chi connectivity index (χ2v) is 5.59. The summed E-state index contributed by atoms with van der Waals surface area (Å²) in [6.45, 7) is 5.86. The average Bonchev–Trinajstić information content (AvgIpc) is 2.73. The molecule has 1 aliphatic heterocycles. The summed E-state index contributed by atoms with van der Waals surface area (Å²) in [4.78, 5) is 7.07. The number of fused-ring (bicyclic) bond motifs is 1. The smallest absolute Gasteiger partial charge is 0.0933 e. The highest BCUT2D eigenvalue weighted by Gasteiger charge is 2.16. The van der Waals surface area contributed by atoms with Gasteiger partial charge in [0.2, 0.25) is 0 Å². The van der Waals surface area contributed by atoms with Gasteiger partial charge in [0.15, 0.2) is 0 Å². The Balaban J connectivity index is 1.76. The Morgan fingerprint density at radius 2 is 2.10 bits per heavy atom. The van der Waals surface area contributed by atoms with Crippen LogP contribution in [0.25, 0.3) is 10.9 Å². The van der Waals surface area contributed by atoms with Crippen LogP contribution in [-0.2, 0) is 0 Å². The molecular weight excluding hydrogens is 246 g/mol. The first-order chi connectivity index (χ1) is 9.86. The molecule has 1 aromatic carbocycles. The molecule has 0 radical (unpaired) electrons. The van der Waals surface area contributed by atoms with Gasteiger partial charge >= 0.3 is 0 Å². The van der Waals surface area contributed by atoms with E-state index in [2.05, 4.69) is 46.4 Å². The number of hydrogen-bond acceptors (Lipinski definition) is 3. The average molecular weight is 269 g/mol. The zero-order chi connectivity index (χ0) is 13.8. The Morgan fingerprint density at radius 1 is 1.20 bits per heavy atom. The van der Waals surface area contributed by atoms with Crippen molar-refractivity contribution in [2.75, 3.05) is 25.0 Å². The number of benzene rings is 1. The molecule has 3 nitrogen and oxygen atoms in total. The molecule has 0 saturated carbocycles. The first-order valence-electron chi connectivity index (χ1n) is 7.69. The molecule has 3 heteroatoms. The summed E-state index contributed by atoms with van der Waals surface area (Å²) < 4.78 is 0. The Labute approximate surface area is 121 Å². The van der Waals surface area contributed by atoms with Crippen LogP contribution in [0.2, 0.25) is 0 Å². The van der Waals surface area contributed by atoms with Gasteiger partial charge in [0.1, 0.15) is 0 Å². The molecule has 0 amide bonds. The first-order valence-corrected chi connectivity index (χ1v) is 7.69. The maximum Gasteiger partial charge on any atom is 0.0933 e. The van der Waals surface area contributed by atoms with Gasteiger partial charge in [0.25, 0.3) is 0 Å². The monoisotopic (exact) mass is 269 g/mol. The van der Waals surface area contributed by atoms with Crippen molar-refractivity contribution in [2.45, 2.75) is 32.2 Å². The van der Waals surface area contributed by atoms with Crippen molar-refractivity contribution in [1.82, 2.24) is 9.88 Å². The molecule has 2 aromatic rings. The van der Waals surface area contributed by atoms with Crippen molar-refractivity contribution in [3.05, 3.63) is 36.5 Å². The van der Waals surface area contributed by atoms with E-state index in [4.69, 9.17) is 0 Å². The van der Waals surface area contributed by atoms with Gasteiger partial charge in [0.05, 0.1) is 11.2 Å². The Hall–Kier alpha value is -1.61. The van der Waals surface area contributed by atoms with Gasteiger partial charge in [-0.15, -0.1) is 0 Å². The van der Waals surface area contributed by atoms with Gasteiger partial charge in [-0.25, -0.2) is 0 Å². The van der Waals surface area contributed by atoms with Gasteiger partial charge in [-0.05, 0) is 44.5 Å². The minimum Gasteiger partial charge on any atom is -0.381 e. The summed E-state index contributed by atoms with van der Waals surface area (Å²) in [5.41, 5.74) is 2.27. The normalized spacial score (nSPS) is 20.8. The van der Waals surface area contributed by atoms with Crippen molar-refractivity contribution in [1.29, 1.82) is 0 Å². The molecule has 1 unspecified atom stereocenters. The van der Waals surface area contributed by atoms with Crippen LogP contribution in [0.5, 0.6) is 0 Å². The lowest BCUT2D eigenvalue weighted by atomic mass is 10.1. The number of pyridine rings is 1. The number of para-hydroxylation sites is 1. The lowest BCUT2D eigenvalue weighted by Gasteiger charge is -2.19. The third-order valence-corrected chi connectivity index (χ3v) is 4.26. The number of likely N-dealkylation sites (tertiary alicyclic amines) is 1. The number of aromatic nitrogens is 1. The fourth-order valence-electron chi connectivity index (χ4n) is 3.06. The highest BCUT2D eigenvalue weighted by molar-refractivity contribution is 5.90. The molecule has 3 rings (SSSR count). The molecule has 1 aliphatic rings. The second-order valence-electron chi connectivity index (χ2n) is 5.59. The molecular formula is C17H23N3. The van der Waals surface area contributed by atoms with E-state index in [1.54, 1.807) is 0 Å². The van der Waals surface area contributed by atoms with Crippen molar-refractivity contribution in [2.24, 2.45) is 0 Å². The fraction of sp³-hybridized carbons (Fsp3) is 0.471. The molecule has 0 spiro atoms. The van der Waals surface area contributed by atoms with Crippen LogP contribution >= 0.6 is 0 Å². The number of nitrogens with zero attached hydrogens (tertiary/aromatic N) is 2. The summed E-state index contributed by atoms with van der Waals surface area (Å²) in [6, 6.07) is 11.1. The topological polar surface area (TPSA) is 28.2 Å². The Kier molecular flexibility index (Phi) is 4.16. The quantitative estimate of drug-likeness (QED) is 0.924. The van der Waals surface area contributed by atoms with Gasteiger partial charge in [-0.1, -0.05) is 25.1 Å². The summed E-state index contributed by atoms with van der Waals surface area (Å²) in [7, 11) is 0. The lowest BCUT2D eigenvalue weighted by molar-refractivity contribution is 0.300. The van der Waals surface area contributed by atoms with Crippen molar-refractivity contribution < 1.29 is 0 Å². The molecule has 1 N–H and O–H groups in total. The van der Waals surface area contributed by atoms with Crippen LogP contribution in [0.4, 0.5) is 5.69 Å². The molecule has 1 atom stereocenters. The Bertz CT molecular complexity index is 562. The molecule has 2 heterocycles. The zero-order valence-corrected chi connectivity index (χ0v) is 12.2. The minimum atomic E-state index is 0.569. The largest absolute Gasteiger partial charge is 0.381 e. The van der Waals surface area contributed by atoms with E-state index in [1.807, 2.05) is 12.3 Å². The van der Waals surface area contributed by atoms with Crippen molar-refractivity contribution in [3.63, 3.8) is 0 Å². The molecule has 20 heavy (non-hydrogen) atoms. The van der Waals surface area contributed by atoms with E-state index in [0.29, 0.717) is 6.04 Å². The highest BCUT2D eigenvalue weighted by atomic mass is 15.1. The molecule has 1 saturated heterocycles. The molecule has 1 aromatic heterocycles. The summed E-state index contributed by atoms with van der Waals surface area (Å²) >= 11 is 0. The van der Waals surface area contributed by atoms with Crippen molar-refractivity contribution in [3.8, 4) is 0 Å². The van der Waals surface area contributed by atoms with E-state index >= 15 is 0 Å². The van der Waals surface area contributed by atoms with Crippen LogP contribution < -0.4 is 5.32 Å². The predicted molar refractivity (Wildman–Crippen MR) is 85.1 cm³/mol. The number of nitrogens with one attached hydrogen (secondary N) is 1. The van der Waals surface area contributed by atoms with E-state index in [1.165, 1.54) is 50.0 Å². The summed E-state index contributed by atoms with van der Waals surface area (Å²) in [5.74, 6) is 0. The van der Waals surface area contributed by atoms with Crippen LogP contribution in [0.3, 0.4) is 0 Å². The number of anilines is 1. The standard InChI is InChI=1S/C17H23N3/c1-2-20-12-5-8-15(10-13-20)19-16-9-3-6-14-7-4-11-18-17(14)16/h3-4,6-7,9,11,15,19H,2,5,8,10,12-13H2,1H3. The maximum atomic E-state index is 4.53. The fourth-order valence-corrected chi connectivity index (χ4v) is 3.06. The third kappa shape index (κ3) is 2.93. The third-order valence-electron chi connectivity index (χ3n) is 4.26. The molecule has 106 valence electrons. The predicted octanol–water partition coefficient (Wildman–Crippen LogP) is 3.52. The molecule has 1 fully saturated rings. The first kappa shape index (κ1) is 13.4. The second kappa shape index (κ2) is 6.23. The van der Waals surface area contributed by atoms with Gasteiger partial charge in [0, 0.05) is 24.2 Å². The number of rotatable bonds is 3. The van der Waals surface area contributed by atoms with Gasteiger partial charge in [-0.2, -0.15) is 0 Å². The Morgan fingerprint density at radius 3 is 3.00 bits per heavy atom. The van der Waals surface area contributed by atoms with E-state index < -0.39 is 0 Å². The van der Waals surface area contributed by atoms with Crippen LogP contribution in [0.1, 0.15) is 26.2 Å². The zero-order valence-electron chi connectivity index (χ0n) is 12.2. The minimum absolute atomic E-state index is 0.569. The van der Waals surface area contributed by atoms with E-state index in [-0.39, 0.29) is 0 Å².